The molecular formula is C27H21FN4O3S3. The minimum absolute atomic E-state index is 0.0373. The summed E-state index contributed by atoms with van der Waals surface area (Å²) in [6, 6.07) is 15.0. The topological polar surface area (TPSA) is 96.3 Å². The Balaban J connectivity index is 1.48. The van der Waals surface area contributed by atoms with Crippen LogP contribution in [0, 0.1) is 19.7 Å². The number of carbonyl (C=O) groups excluding carboxylic acids is 2. The number of thiazole rings is 1. The van der Waals surface area contributed by atoms with Gasteiger partial charge in [-0.05, 0) is 31.0 Å². The number of aliphatic hydroxyl groups is 1. The molecule has 0 fully saturated rings. The number of benzene rings is 2. The molecule has 2 aromatic carbocycles. The molecule has 1 amide bonds. The quantitative estimate of drug-likeness (QED) is 0.155. The molecule has 2 aromatic heterocycles. The van der Waals surface area contributed by atoms with E-state index in [1.165, 1.54) is 34.1 Å². The first-order valence-corrected chi connectivity index (χ1v) is 14.1. The normalized spacial score (nSPS) is 15.7. The molecule has 0 saturated heterocycles. The monoisotopic (exact) mass is 564 g/mol. The van der Waals surface area contributed by atoms with Crippen LogP contribution in [0.3, 0.4) is 0 Å². The van der Waals surface area contributed by atoms with Crippen molar-refractivity contribution in [1.82, 2.24) is 15.2 Å². The zero-order valence-electron chi connectivity index (χ0n) is 20.3. The number of Topliss-reactive ketones (excluding diaryl/α,β-unsaturated/α-hetero) is 1. The lowest BCUT2D eigenvalue weighted by Crippen LogP contribution is -2.35. The zero-order chi connectivity index (χ0) is 26.8. The number of thioether (sulfide) groups is 1. The third-order valence-corrected chi connectivity index (χ3v) is 8.96. The number of ketones is 1. The summed E-state index contributed by atoms with van der Waals surface area (Å²) in [5.74, 6) is -1.79. The van der Waals surface area contributed by atoms with Gasteiger partial charge in [-0.3, -0.25) is 14.5 Å². The Kier molecular flexibility index (Phi) is 7.50. The average Bonchev–Trinajstić information content (AvgIpc) is 3.58. The fraction of sp³-hybridized carbons (Fsp3) is 0.148. The molecule has 7 nitrogen and oxygen atoms in total. The van der Waals surface area contributed by atoms with Crippen LogP contribution >= 0.6 is 34.4 Å². The van der Waals surface area contributed by atoms with Crippen molar-refractivity contribution in [2.45, 2.75) is 30.0 Å². The fourth-order valence-electron chi connectivity index (χ4n) is 4.00. The number of rotatable bonds is 8. The number of halogens is 1. The standard InChI is InChI=1S/C27H21FN4O3S3/c1-15-24(37-16(2)29-15)22(33)21-20(13-12-17-8-4-3-5-9-17)32(25(35)23(21)34)26-30-31-27(38-26)36-14-18-10-6-7-11-19(18)28/h3-13,20,34H,14H2,1-2H3/b13-12+. The van der Waals surface area contributed by atoms with Gasteiger partial charge in [0.2, 0.25) is 10.9 Å². The summed E-state index contributed by atoms with van der Waals surface area (Å²) in [6.07, 6.45) is 3.48. The van der Waals surface area contributed by atoms with Gasteiger partial charge in [0.1, 0.15) is 5.82 Å². The highest BCUT2D eigenvalue weighted by molar-refractivity contribution is 8.00. The van der Waals surface area contributed by atoms with Crippen LogP contribution in [0.5, 0.6) is 0 Å². The summed E-state index contributed by atoms with van der Waals surface area (Å²) in [4.78, 5) is 32.9. The van der Waals surface area contributed by atoms with Gasteiger partial charge >= 0.3 is 0 Å². The Morgan fingerprint density at radius 1 is 1.11 bits per heavy atom. The summed E-state index contributed by atoms with van der Waals surface area (Å²) in [6.45, 7) is 3.52. The first kappa shape index (κ1) is 26.0. The molecule has 1 aliphatic heterocycles. The summed E-state index contributed by atoms with van der Waals surface area (Å²) >= 11 is 3.64. The van der Waals surface area contributed by atoms with Crippen molar-refractivity contribution in [2.24, 2.45) is 0 Å². The third kappa shape index (κ3) is 5.17. The number of hydrogen-bond donors (Lipinski definition) is 1. The minimum atomic E-state index is -0.908. The van der Waals surface area contributed by atoms with Crippen molar-refractivity contribution >= 4 is 57.3 Å². The van der Waals surface area contributed by atoms with E-state index in [9.17, 15) is 19.1 Å². The van der Waals surface area contributed by atoms with Crippen molar-refractivity contribution in [1.29, 1.82) is 0 Å². The lowest BCUT2D eigenvalue weighted by atomic mass is 10.0. The molecule has 38 heavy (non-hydrogen) atoms. The molecule has 192 valence electrons. The lowest BCUT2D eigenvalue weighted by Gasteiger charge is -2.20. The predicted octanol–water partition coefficient (Wildman–Crippen LogP) is 6.17. The summed E-state index contributed by atoms with van der Waals surface area (Å²) in [7, 11) is 0. The Bertz CT molecular complexity index is 1580. The number of anilines is 1. The van der Waals surface area contributed by atoms with Gasteiger partial charge in [-0.1, -0.05) is 83.8 Å². The Hall–Kier alpha value is -3.67. The molecule has 3 heterocycles. The Morgan fingerprint density at radius 3 is 2.55 bits per heavy atom. The van der Waals surface area contributed by atoms with Crippen LogP contribution in [0.25, 0.3) is 6.08 Å². The van der Waals surface area contributed by atoms with E-state index in [0.717, 1.165) is 16.9 Å². The van der Waals surface area contributed by atoms with Gasteiger partial charge in [0, 0.05) is 5.75 Å². The van der Waals surface area contributed by atoms with Crippen molar-refractivity contribution in [2.75, 3.05) is 4.90 Å². The number of carbonyl (C=O) groups is 2. The first-order valence-electron chi connectivity index (χ1n) is 11.5. The number of hydrogen-bond acceptors (Lipinski definition) is 9. The van der Waals surface area contributed by atoms with Crippen LogP contribution in [0.15, 0.2) is 76.3 Å². The van der Waals surface area contributed by atoms with E-state index in [1.807, 2.05) is 30.3 Å². The maximum absolute atomic E-state index is 14.0. The molecule has 0 spiro atoms. The van der Waals surface area contributed by atoms with Gasteiger partial charge < -0.3 is 5.11 Å². The van der Waals surface area contributed by atoms with Crippen LogP contribution < -0.4 is 4.90 Å². The van der Waals surface area contributed by atoms with Gasteiger partial charge in [0.05, 0.1) is 27.2 Å². The van der Waals surface area contributed by atoms with E-state index in [1.54, 1.807) is 44.2 Å². The zero-order valence-corrected chi connectivity index (χ0v) is 22.7. The number of amides is 1. The Labute approximate surface area is 230 Å². The number of aromatic nitrogens is 3. The molecule has 1 aliphatic rings. The molecule has 11 heteroatoms. The van der Waals surface area contributed by atoms with E-state index in [2.05, 4.69) is 15.2 Å². The molecule has 1 unspecified atom stereocenters. The minimum Gasteiger partial charge on any atom is -0.503 e. The van der Waals surface area contributed by atoms with Crippen LogP contribution in [0.4, 0.5) is 9.52 Å². The highest BCUT2D eigenvalue weighted by atomic mass is 32.2. The third-order valence-electron chi connectivity index (χ3n) is 5.79. The van der Waals surface area contributed by atoms with E-state index < -0.39 is 23.5 Å². The van der Waals surface area contributed by atoms with Crippen molar-refractivity contribution < 1.29 is 19.1 Å². The van der Waals surface area contributed by atoms with E-state index in [-0.39, 0.29) is 16.5 Å². The van der Waals surface area contributed by atoms with E-state index in [4.69, 9.17) is 0 Å². The Morgan fingerprint density at radius 2 is 1.84 bits per heavy atom. The van der Waals surface area contributed by atoms with Crippen LogP contribution in [0.2, 0.25) is 0 Å². The fourth-order valence-corrected chi connectivity index (χ4v) is 6.73. The van der Waals surface area contributed by atoms with Crippen molar-refractivity contribution in [3.63, 3.8) is 0 Å². The predicted molar refractivity (Wildman–Crippen MR) is 148 cm³/mol. The number of aryl methyl sites for hydroxylation is 2. The summed E-state index contributed by atoms with van der Waals surface area (Å²) in [5, 5.41) is 20.2. The number of aliphatic hydroxyl groups excluding tert-OH is 1. The molecule has 1 atom stereocenters. The largest absolute Gasteiger partial charge is 0.503 e. The molecule has 4 aromatic rings. The highest BCUT2D eigenvalue weighted by Crippen LogP contribution is 2.38. The SMILES string of the molecule is Cc1nc(C)c(C(=O)C2=C(O)C(=O)N(c3nnc(SCc4ccccc4F)s3)C2/C=C/c2ccccc2)s1. The van der Waals surface area contributed by atoms with Gasteiger partial charge in [-0.15, -0.1) is 21.5 Å². The smallest absolute Gasteiger partial charge is 0.296 e. The van der Waals surface area contributed by atoms with E-state index >= 15 is 0 Å². The van der Waals surface area contributed by atoms with Gasteiger partial charge in [-0.2, -0.15) is 0 Å². The summed E-state index contributed by atoms with van der Waals surface area (Å²) < 4.78 is 14.5. The first-order chi connectivity index (χ1) is 18.3. The van der Waals surface area contributed by atoms with Crippen LogP contribution in [0.1, 0.15) is 31.5 Å². The van der Waals surface area contributed by atoms with E-state index in [0.29, 0.717) is 31.2 Å². The second-order valence-corrected chi connectivity index (χ2v) is 11.7. The van der Waals surface area contributed by atoms with Gasteiger partial charge in [-0.25, -0.2) is 9.37 Å². The molecule has 0 saturated carbocycles. The van der Waals surface area contributed by atoms with Crippen LogP contribution in [-0.4, -0.2) is 38.0 Å². The molecule has 0 aliphatic carbocycles. The number of nitrogens with zero attached hydrogens (tertiary/aromatic N) is 4. The molecule has 0 bridgehead atoms. The van der Waals surface area contributed by atoms with Gasteiger partial charge in [0.25, 0.3) is 5.91 Å². The molecule has 5 rings (SSSR count). The summed E-state index contributed by atoms with van der Waals surface area (Å²) in [5.41, 5.74) is 1.89. The molecular weight excluding hydrogens is 544 g/mol. The van der Waals surface area contributed by atoms with Gasteiger partial charge in [0.15, 0.2) is 10.1 Å². The van der Waals surface area contributed by atoms with Crippen molar-refractivity contribution in [3.8, 4) is 0 Å². The molecule has 0 radical (unpaired) electrons. The average molecular weight is 565 g/mol. The second kappa shape index (κ2) is 11.0. The maximum atomic E-state index is 14.0. The highest BCUT2D eigenvalue weighted by Gasteiger charge is 2.44. The van der Waals surface area contributed by atoms with Crippen molar-refractivity contribution in [3.05, 3.63) is 105 Å². The lowest BCUT2D eigenvalue weighted by molar-refractivity contribution is -0.116. The second-order valence-electron chi connectivity index (χ2n) is 8.36. The maximum Gasteiger partial charge on any atom is 0.296 e. The molecule has 1 N–H and O–H groups in total. The van der Waals surface area contributed by atoms with Crippen LogP contribution in [-0.2, 0) is 10.5 Å².